The Hall–Kier alpha value is -1.89. The molecule has 1 aliphatic carbocycles. The third-order valence-electron chi connectivity index (χ3n) is 3.98. The first-order valence-electron chi connectivity index (χ1n) is 7.00. The van der Waals surface area contributed by atoms with Gasteiger partial charge in [0.2, 0.25) is 0 Å². The Morgan fingerprint density at radius 2 is 1.68 bits per heavy atom. The van der Waals surface area contributed by atoms with Crippen molar-refractivity contribution in [2.75, 3.05) is 0 Å². The molecule has 0 aliphatic heterocycles. The first-order chi connectivity index (χ1) is 9.34. The summed E-state index contributed by atoms with van der Waals surface area (Å²) in [6, 6.07) is 18.4. The van der Waals surface area contributed by atoms with Crippen molar-refractivity contribution in [3.63, 3.8) is 0 Å². The van der Waals surface area contributed by atoms with E-state index in [1.54, 1.807) is 0 Å². The van der Waals surface area contributed by atoms with Crippen molar-refractivity contribution in [1.29, 1.82) is 0 Å². The molecule has 1 nitrogen and oxygen atoms in total. The highest BCUT2D eigenvalue weighted by atomic mass is 16.1. The van der Waals surface area contributed by atoms with Gasteiger partial charge in [-0.25, -0.2) is 0 Å². The molecule has 0 unspecified atom stereocenters. The zero-order chi connectivity index (χ0) is 13.1. The highest BCUT2D eigenvalue weighted by molar-refractivity contribution is 5.99. The molecule has 0 amide bonds. The van der Waals surface area contributed by atoms with Crippen LogP contribution in [0.5, 0.6) is 0 Å². The maximum atomic E-state index is 12.6. The van der Waals surface area contributed by atoms with Crippen molar-refractivity contribution >= 4 is 5.78 Å². The van der Waals surface area contributed by atoms with Gasteiger partial charge in [0.1, 0.15) is 0 Å². The minimum Gasteiger partial charge on any atom is -0.294 e. The number of aryl methyl sites for hydroxylation is 1. The molecule has 0 N–H and O–H groups in total. The van der Waals surface area contributed by atoms with Crippen molar-refractivity contribution in [2.45, 2.75) is 25.7 Å². The number of Topliss-reactive ketones (excluding diaryl/α,β-unsaturated/α-hetero) is 1. The molecule has 2 aromatic rings. The van der Waals surface area contributed by atoms with E-state index in [4.69, 9.17) is 0 Å². The molecule has 0 spiro atoms. The van der Waals surface area contributed by atoms with Crippen molar-refractivity contribution in [1.82, 2.24) is 0 Å². The summed E-state index contributed by atoms with van der Waals surface area (Å²) in [7, 11) is 0. The van der Waals surface area contributed by atoms with Crippen LogP contribution in [-0.2, 0) is 12.8 Å². The fourth-order valence-electron chi connectivity index (χ4n) is 2.96. The van der Waals surface area contributed by atoms with Gasteiger partial charge in [-0.1, -0.05) is 54.6 Å². The van der Waals surface area contributed by atoms with Crippen molar-refractivity contribution in [3.8, 4) is 0 Å². The van der Waals surface area contributed by atoms with E-state index in [-0.39, 0.29) is 5.92 Å². The number of fused-ring (bicyclic) bond motifs is 1. The SMILES string of the molecule is O=C1c2ccccc2CCC[C@H]1Cc1ccccc1. The number of ketones is 1. The van der Waals surface area contributed by atoms with E-state index in [1.807, 2.05) is 36.4 Å². The first-order valence-corrected chi connectivity index (χ1v) is 7.00. The van der Waals surface area contributed by atoms with Crippen LogP contribution in [-0.4, -0.2) is 5.78 Å². The van der Waals surface area contributed by atoms with Gasteiger partial charge >= 0.3 is 0 Å². The monoisotopic (exact) mass is 250 g/mol. The summed E-state index contributed by atoms with van der Waals surface area (Å²) in [4.78, 5) is 12.6. The Labute approximate surface area is 114 Å². The van der Waals surface area contributed by atoms with Crippen molar-refractivity contribution in [3.05, 3.63) is 71.3 Å². The van der Waals surface area contributed by atoms with Gasteiger partial charge in [0.15, 0.2) is 5.78 Å². The van der Waals surface area contributed by atoms with Gasteiger partial charge in [-0.15, -0.1) is 0 Å². The number of hydrogen-bond donors (Lipinski definition) is 0. The molecular formula is C18H18O. The third kappa shape index (κ3) is 2.60. The molecule has 96 valence electrons. The molecule has 0 saturated carbocycles. The van der Waals surface area contributed by atoms with Crippen LogP contribution >= 0.6 is 0 Å². The zero-order valence-electron chi connectivity index (χ0n) is 11.0. The lowest BCUT2D eigenvalue weighted by molar-refractivity contribution is 0.0915. The third-order valence-corrected chi connectivity index (χ3v) is 3.98. The predicted octanol–water partition coefficient (Wildman–Crippen LogP) is 4.06. The number of hydrogen-bond acceptors (Lipinski definition) is 1. The average Bonchev–Trinajstić information content (AvgIpc) is 2.61. The second-order valence-corrected chi connectivity index (χ2v) is 5.30. The molecule has 3 rings (SSSR count). The van der Waals surface area contributed by atoms with Crippen LogP contribution in [0.4, 0.5) is 0 Å². The summed E-state index contributed by atoms with van der Waals surface area (Å²) < 4.78 is 0. The standard InChI is InChI=1S/C18H18O/c19-18-16(13-14-7-2-1-3-8-14)11-6-10-15-9-4-5-12-17(15)18/h1-5,7-9,12,16H,6,10-11,13H2/t16-/m0/s1. The van der Waals surface area contributed by atoms with Gasteiger partial charge in [0.25, 0.3) is 0 Å². The molecule has 19 heavy (non-hydrogen) atoms. The first kappa shape index (κ1) is 12.2. The highest BCUT2D eigenvalue weighted by Gasteiger charge is 2.25. The Morgan fingerprint density at radius 3 is 2.53 bits per heavy atom. The van der Waals surface area contributed by atoms with Crippen LogP contribution in [0.15, 0.2) is 54.6 Å². The number of carbonyl (C=O) groups is 1. The largest absolute Gasteiger partial charge is 0.294 e. The molecular weight excluding hydrogens is 232 g/mol. The lowest BCUT2D eigenvalue weighted by atomic mass is 9.89. The second-order valence-electron chi connectivity index (χ2n) is 5.30. The Balaban J connectivity index is 1.86. The summed E-state index contributed by atoms with van der Waals surface area (Å²) >= 11 is 0. The molecule has 1 heteroatoms. The normalized spacial score (nSPS) is 18.7. The maximum Gasteiger partial charge on any atom is 0.166 e. The van der Waals surface area contributed by atoms with Gasteiger partial charge in [-0.2, -0.15) is 0 Å². The Bertz CT molecular complexity index is 571. The van der Waals surface area contributed by atoms with Crippen LogP contribution in [0.2, 0.25) is 0 Å². The summed E-state index contributed by atoms with van der Waals surface area (Å²) in [5.74, 6) is 0.475. The van der Waals surface area contributed by atoms with Gasteiger partial charge in [-0.3, -0.25) is 4.79 Å². The van der Waals surface area contributed by atoms with Crippen LogP contribution in [0.1, 0.15) is 34.3 Å². The molecule has 1 aliphatic rings. The van der Waals surface area contributed by atoms with E-state index in [0.717, 1.165) is 31.2 Å². The fraction of sp³-hybridized carbons (Fsp3) is 0.278. The molecule has 0 saturated heterocycles. The summed E-state index contributed by atoms with van der Waals surface area (Å²) in [6.07, 6.45) is 4.02. The maximum absolute atomic E-state index is 12.6. The smallest absolute Gasteiger partial charge is 0.166 e. The Morgan fingerprint density at radius 1 is 0.947 bits per heavy atom. The highest BCUT2D eigenvalue weighted by Crippen LogP contribution is 2.26. The van der Waals surface area contributed by atoms with Crippen molar-refractivity contribution < 1.29 is 4.79 Å². The van der Waals surface area contributed by atoms with Crippen LogP contribution in [0.25, 0.3) is 0 Å². The summed E-state index contributed by atoms with van der Waals surface area (Å²) in [6.45, 7) is 0. The number of rotatable bonds is 2. The van der Waals surface area contributed by atoms with E-state index in [1.165, 1.54) is 11.1 Å². The predicted molar refractivity (Wildman–Crippen MR) is 77.3 cm³/mol. The molecule has 0 heterocycles. The zero-order valence-corrected chi connectivity index (χ0v) is 11.0. The van der Waals surface area contributed by atoms with E-state index >= 15 is 0 Å². The topological polar surface area (TPSA) is 17.1 Å². The van der Waals surface area contributed by atoms with Gasteiger partial charge in [0.05, 0.1) is 0 Å². The molecule has 0 radical (unpaired) electrons. The van der Waals surface area contributed by atoms with Crippen LogP contribution in [0.3, 0.4) is 0 Å². The Kier molecular flexibility index (Phi) is 3.45. The van der Waals surface area contributed by atoms with Gasteiger partial charge in [-0.05, 0) is 36.8 Å². The minimum atomic E-state index is 0.144. The van der Waals surface area contributed by atoms with Crippen molar-refractivity contribution in [2.24, 2.45) is 5.92 Å². The quantitative estimate of drug-likeness (QED) is 0.734. The van der Waals surface area contributed by atoms with Crippen LogP contribution in [0, 0.1) is 5.92 Å². The van der Waals surface area contributed by atoms with E-state index in [0.29, 0.717) is 5.78 Å². The van der Waals surface area contributed by atoms with Gasteiger partial charge < -0.3 is 0 Å². The van der Waals surface area contributed by atoms with E-state index in [2.05, 4.69) is 18.2 Å². The lowest BCUT2D eigenvalue weighted by Gasteiger charge is -2.13. The minimum absolute atomic E-state index is 0.144. The average molecular weight is 250 g/mol. The lowest BCUT2D eigenvalue weighted by Crippen LogP contribution is -2.16. The van der Waals surface area contributed by atoms with Gasteiger partial charge in [0, 0.05) is 11.5 Å². The number of benzene rings is 2. The molecule has 1 atom stereocenters. The molecule has 0 fully saturated rings. The van der Waals surface area contributed by atoms with E-state index < -0.39 is 0 Å². The molecule has 2 aromatic carbocycles. The number of carbonyl (C=O) groups excluding carboxylic acids is 1. The molecule has 0 bridgehead atoms. The molecule has 0 aromatic heterocycles. The second kappa shape index (κ2) is 5.40. The van der Waals surface area contributed by atoms with Crippen LogP contribution < -0.4 is 0 Å². The summed E-state index contributed by atoms with van der Waals surface area (Å²) in [5.41, 5.74) is 3.43. The summed E-state index contributed by atoms with van der Waals surface area (Å²) in [5, 5.41) is 0. The fourth-order valence-corrected chi connectivity index (χ4v) is 2.96. The van der Waals surface area contributed by atoms with E-state index in [9.17, 15) is 4.79 Å².